The highest BCUT2D eigenvalue weighted by Crippen LogP contribution is 2.66. The van der Waals surface area contributed by atoms with E-state index in [2.05, 4.69) is 4.90 Å². The molecule has 2 heterocycles. The summed E-state index contributed by atoms with van der Waals surface area (Å²) in [5, 5.41) is 32.0. The van der Waals surface area contributed by atoms with Crippen molar-refractivity contribution in [2.45, 2.75) is 68.8 Å². The zero-order valence-corrected chi connectivity index (χ0v) is 12.6. The van der Waals surface area contributed by atoms with Crippen LogP contribution in [-0.4, -0.2) is 62.4 Å². The van der Waals surface area contributed by atoms with E-state index in [9.17, 15) is 20.1 Å². The number of hydrogen-bond acceptors (Lipinski definition) is 5. The fourth-order valence-electron chi connectivity index (χ4n) is 6.30. The summed E-state index contributed by atoms with van der Waals surface area (Å²) < 4.78 is 0. The first kappa shape index (κ1) is 14.1. The summed E-state index contributed by atoms with van der Waals surface area (Å²) in [7, 11) is 0. The van der Waals surface area contributed by atoms with Gasteiger partial charge in [0.15, 0.2) is 5.78 Å². The van der Waals surface area contributed by atoms with Crippen LogP contribution in [0, 0.1) is 11.3 Å². The highest BCUT2D eigenvalue weighted by atomic mass is 16.3. The molecule has 5 nitrogen and oxygen atoms in total. The van der Waals surface area contributed by atoms with Gasteiger partial charge in [-0.1, -0.05) is 0 Å². The van der Waals surface area contributed by atoms with E-state index in [4.69, 9.17) is 0 Å². The minimum atomic E-state index is -1.30. The van der Waals surface area contributed by atoms with E-state index in [1.807, 2.05) is 0 Å². The molecule has 2 saturated carbocycles. The summed E-state index contributed by atoms with van der Waals surface area (Å²) in [6.07, 6.45) is 2.34. The minimum absolute atomic E-state index is 0.160. The topological polar surface area (TPSA) is 81.0 Å². The molecule has 0 radical (unpaired) electrons. The Kier molecular flexibility index (Phi) is 2.74. The number of rotatable bonds is 0. The van der Waals surface area contributed by atoms with Crippen molar-refractivity contribution in [1.29, 1.82) is 0 Å². The smallest absolute Gasteiger partial charge is 0.154 e. The van der Waals surface area contributed by atoms with Gasteiger partial charge in [0.1, 0.15) is 0 Å². The van der Waals surface area contributed by atoms with Crippen LogP contribution in [0.5, 0.6) is 0 Å². The molecular formula is C16H25NO4. The first-order valence-corrected chi connectivity index (χ1v) is 8.23. The van der Waals surface area contributed by atoms with Gasteiger partial charge in [-0.3, -0.25) is 9.69 Å². The van der Waals surface area contributed by atoms with E-state index in [1.54, 1.807) is 6.92 Å². The molecule has 0 aromatic heterocycles. The molecule has 4 rings (SSSR count). The van der Waals surface area contributed by atoms with Gasteiger partial charge in [0.25, 0.3) is 0 Å². The van der Waals surface area contributed by atoms with Crippen LogP contribution >= 0.6 is 0 Å². The van der Waals surface area contributed by atoms with Gasteiger partial charge >= 0.3 is 0 Å². The van der Waals surface area contributed by atoms with Crippen molar-refractivity contribution >= 4 is 5.78 Å². The summed E-state index contributed by atoms with van der Waals surface area (Å²) in [5.41, 5.74) is -2.44. The van der Waals surface area contributed by atoms with Crippen molar-refractivity contribution in [3.63, 3.8) is 0 Å². The van der Waals surface area contributed by atoms with Gasteiger partial charge in [-0.05, 0) is 45.7 Å². The maximum atomic E-state index is 12.9. The van der Waals surface area contributed by atoms with E-state index >= 15 is 0 Å². The summed E-state index contributed by atoms with van der Waals surface area (Å²) in [6.45, 7) is 3.41. The third-order valence-corrected chi connectivity index (χ3v) is 7.04. The molecule has 6 atom stereocenters. The molecule has 2 aliphatic heterocycles. The van der Waals surface area contributed by atoms with Crippen molar-refractivity contribution in [3.8, 4) is 0 Å². The Morgan fingerprint density at radius 2 is 1.86 bits per heavy atom. The second-order valence-electron chi connectivity index (χ2n) is 7.85. The maximum absolute atomic E-state index is 12.9. The lowest BCUT2D eigenvalue weighted by molar-refractivity contribution is -0.229. The number of carbonyl (C=O) groups is 1. The third-order valence-electron chi connectivity index (χ3n) is 7.04. The molecule has 118 valence electrons. The Labute approximate surface area is 124 Å². The van der Waals surface area contributed by atoms with E-state index < -0.39 is 28.8 Å². The second kappa shape index (κ2) is 4.07. The second-order valence-corrected chi connectivity index (χ2v) is 7.85. The summed E-state index contributed by atoms with van der Waals surface area (Å²) in [4.78, 5) is 15.2. The van der Waals surface area contributed by atoms with Gasteiger partial charge in [-0.25, -0.2) is 0 Å². The molecule has 21 heavy (non-hydrogen) atoms. The average molecular weight is 295 g/mol. The van der Waals surface area contributed by atoms with E-state index in [0.717, 1.165) is 38.8 Å². The molecule has 0 aromatic rings. The fourth-order valence-corrected chi connectivity index (χ4v) is 6.30. The third kappa shape index (κ3) is 1.39. The number of nitrogens with zero attached hydrogens (tertiary/aromatic N) is 1. The lowest BCUT2D eigenvalue weighted by Crippen LogP contribution is -2.71. The van der Waals surface area contributed by atoms with E-state index in [-0.39, 0.29) is 18.1 Å². The van der Waals surface area contributed by atoms with Crippen molar-refractivity contribution in [3.05, 3.63) is 0 Å². The molecule has 4 fully saturated rings. The molecule has 5 heteroatoms. The van der Waals surface area contributed by atoms with Crippen LogP contribution < -0.4 is 0 Å². The Balaban J connectivity index is 1.89. The number of carbonyl (C=O) groups excluding carboxylic acids is 1. The predicted octanol–water partition coefficient (Wildman–Crippen LogP) is 0.0667. The molecule has 0 aromatic carbocycles. The lowest BCUT2D eigenvalue weighted by atomic mass is 9.52. The first-order valence-electron chi connectivity index (χ1n) is 8.23. The Morgan fingerprint density at radius 3 is 2.57 bits per heavy atom. The van der Waals surface area contributed by atoms with Crippen molar-refractivity contribution in [2.75, 3.05) is 13.1 Å². The van der Waals surface area contributed by atoms with Crippen LogP contribution in [0.25, 0.3) is 0 Å². The molecule has 2 saturated heterocycles. The molecule has 0 unspecified atom stereocenters. The average Bonchev–Trinajstić information content (AvgIpc) is 2.96. The highest BCUT2D eigenvalue weighted by molar-refractivity contribution is 5.93. The van der Waals surface area contributed by atoms with Crippen molar-refractivity contribution in [2.24, 2.45) is 11.3 Å². The highest BCUT2D eigenvalue weighted by Gasteiger charge is 2.75. The first-order chi connectivity index (χ1) is 9.86. The number of Topliss-reactive ketones (excluding diaryl/α,β-unsaturated/α-hetero) is 1. The summed E-state index contributed by atoms with van der Waals surface area (Å²) in [5.74, 6) is -0.134. The number of aliphatic hydroxyl groups is 3. The lowest BCUT2D eigenvalue weighted by Gasteiger charge is -2.60. The van der Waals surface area contributed by atoms with Gasteiger partial charge in [0.2, 0.25) is 0 Å². The van der Waals surface area contributed by atoms with Gasteiger partial charge in [-0.15, -0.1) is 0 Å². The van der Waals surface area contributed by atoms with Crippen LogP contribution in [0.3, 0.4) is 0 Å². The summed E-state index contributed by atoms with van der Waals surface area (Å²) in [6, 6.07) is 0. The zero-order valence-electron chi connectivity index (χ0n) is 12.6. The molecule has 3 N–H and O–H groups in total. The SMILES string of the molecule is C[C@]1(O)C[C@@H](O)[C@]23CCCN4CCC[C@@]42C(=O)C[C@@H]3[C@H]1O. The van der Waals surface area contributed by atoms with E-state index in [1.165, 1.54) is 0 Å². The quantitative estimate of drug-likeness (QED) is 0.589. The monoisotopic (exact) mass is 295 g/mol. The number of hydrogen-bond donors (Lipinski definition) is 3. The molecular weight excluding hydrogens is 270 g/mol. The standard InChI is InChI=1S/C16H25NO4/c1-14(21)9-12(19)15-4-2-6-17-7-3-5-16(15,17)11(18)8-10(15)13(14)20/h10,12-13,19-21H,2-9H2,1H3/t10-,12-,13-,14+,15-,16+/m1/s1. The molecule has 2 spiro atoms. The predicted molar refractivity (Wildman–Crippen MR) is 75.6 cm³/mol. The van der Waals surface area contributed by atoms with Crippen molar-refractivity contribution < 1.29 is 20.1 Å². The van der Waals surface area contributed by atoms with Crippen LogP contribution in [0.2, 0.25) is 0 Å². The zero-order chi connectivity index (χ0) is 15.0. The van der Waals surface area contributed by atoms with Crippen LogP contribution in [-0.2, 0) is 4.79 Å². The molecule has 0 bridgehead atoms. The number of ketones is 1. The maximum Gasteiger partial charge on any atom is 0.154 e. The fraction of sp³-hybridized carbons (Fsp3) is 0.938. The van der Waals surface area contributed by atoms with E-state index in [0.29, 0.717) is 6.42 Å². The van der Waals surface area contributed by atoms with Gasteiger partial charge in [-0.2, -0.15) is 0 Å². The van der Waals surface area contributed by atoms with Gasteiger partial charge in [0.05, 0.1) is 23.3 Å². The van der Waals surface area contributed by atoms with Gasteiger partial charge in [0, 0.05) is 24.2 Å². The molecule has 4 aliphatic rings. The Morgan fingerprint density at radius 1 is 1.19 bits per heavy atom. The number of piperidine rings is 1. The Hall–Kier alpha value is -0.490. The van der Waals surface area contributed by atoms with Crippen molar-refractivity contribution in [1.82, 2.24) is 4.90 Å². The minimum Gasteiger partial charge on any atom is -0.392 e. The molecule has 0 amide bonds. The Bertz CT molecular complexity index is 493. The van der Waals surface area contributed by atoms with Crippen LogP contribution in [0.4, 0.5) is 0 Å². The summed E-state index contributed by atoms with van der Waals surface area (Å²) >= 11 is 0. The largest absolute Gasteiger partial charge is 0.392 e. The number of aliphatic hydroxyl groups excluding tert-OH is 2. The molecule has 2 aliphatic carbocycles. The van der Waals surface area contributed by atoms with Crippen LogP contribution in [0.15, 0.2) is 0 Å². The normalized spacial score (nSPS) is 57.0. The van der Waals surface area contributed by atoms with Crippen LogP contribution in [0.1, 0.15) is 45.4 Å². The van der Waals surface area contributed by atoms with Gasteiger partial charge < -0.3 is 15.3 Å².